The molecule has 0 spiro atoms. The highest BCUT2D eigenvalue weighted by Crippen LogP contribution is 2.26. The van der Waals surface area contributed by atoms with Crippen LogP contribution in [-0.2, 0) is 10.2 Å². The highest BCUT2D eigenvalue weighted by molar-refractivity contribution is 5.86. The van der Waals surface area contributed by atoms with E-state index in [2.05, 4.69) is 30.5 Å². The van der Waals surface area contributed by atoms with E-state index in [1.54, 1.807) is 7.11 Å². The first-order chi connectivity index (χ1) is 12.5. The quantitative estimate of drug-likeness (QED) is 0.567. The first-order valence-electron chi connectivity index (χ1n) is 9.43. The number of methoxy groups -OCH3 is 1. The lowest BCUT2D eigenvalue weighted by atomic mass is 9.84. The molecule has 1 amide bonds. The summed E-state index contributed by atoms with van der Waals surface area (Å²) in [4.78, 5) is 18.9. The van der Waals surface area contributed by atoms with Crippen LogP contribution in [-0.4, -0.2) is 56.1 Å². The number of nitrogens with zero attached hydrogens (tertiary/aromatic N) is 2. The summed E-state index contributed by atoms with van der Waals surface area (Å²) in [5.41, 5.74) is 0.750. The molecule has 1 aromatic rings. The van der Waals surface area contributed by atoms with E-state index in [4.69, 9.17) is 9.73 Å². The minimum atomic E-state index is -0.248. The molecule has 0 saturated heterocycles. The molecular formula is C21H36N4O2. The highest BCUT2D eigenvalue weighted by atomic mass is 16.5. The first-order valence-corrected chi connectivity index (χ1v) is 9.43. The van der Waals surface area contributed by atoms with Gasteiger partial charge in [-0.3, -0.25) is 9.79 Å². The number of amides is 1. The van der Waals surface area contributed by atoms with Crippen LogP contribution in [0.1, 0.15) is 47.1 Å². The molecule has 0 heterocycles. The molecular weight excluding hydrogens is 340 g/mol. The lowest BCUT2D eigenvalue weighted by Crippen LogP contribution is -2.49. The number of rotatable bonds is 7. The number of benzene rings is 1. The topological polar surface area (TPSA) is 66.0 Å². The van der Waals surface area contributed by atoms with Gasteiger partial charge < -0.3 is 20.3 Å². The Labute approximate surface area is 164 Å². The van der Waals surface area contributed by atoms with Gasteiger partial charge in [0.15, 0.2) is 5.96 Å². The van der Waals surface area contributed by atoms with Gasteiger partial charge in [0.2, 0.25) is 5.91 Å². The molecule has 0 aromatic heterocycles. The number of likely N-dealkylation sites (N-methyl/N-ethyl adjacent to an activating group) is 1. The molecule has 0 aliphatic rings. The van der Waals surface area contributed by atoms with E-state index in [0.717, 1.165) is 23.8 Å². The summed E-state index contributed by atoms with van der Waals surface area (Å²) < 4.78 is 5.34. The molecule has 1 rings (SSSR count). The van der Waals surface area contributed by atoms with E-state index in [0.29, 0.717) is 6.54 Å². The van der Waals surface area contributed by atoms with Crippen molar-refractivity contribution in [2.24, 2.45) is 4.99 Å². The molecule has 0 unspecified atom stereocenters. The van der Waals surface area contributed by atoms with Crippen molar-refractivity contribution < 1.29 is 9.53 Å². The van der Waals surface area contributed by atoms with E-state index in [-0.39, 0.29) is 23.4 Å². The van der Waals surface area contributed by atoms with Gasteiger partial charge in [-0.2, -0.15) is 0 Å². The Kier molecular flexibility index (Phi) is 8.13. The summed E-state index contributed by atoms with van der Waals surface area (Å²) >= 11 is 0. The number of nitrogens with one attached hydrogen (secondary N) is 2. The Hall–Kier alpha value is -2.24. The molecule has 6 heteroatoms. The third-order valence-electron chi connectivity index (χ3n) is 4.07. The molecule has 6 nitrogen and oxygen atoms in total. The second-order valence-electron chi connectivity index (χ2n) is 8.44. The van der Waals surface area contributed by atoms with E-state index >= 15 is 0 Å². The molecule has 0 saturated carbocycles. The lowest BCUT2D eigenvalue weighted by molar-refractivity contribution is -0.122. The average molecular weight is 377 g/mol. The summed E-state index contributed by atoms with van der Waals surface area (Å²) in [6.07, 6.45) is 0. The molecule has 0 aliphatic heterocycles. The summed E-state index contributed by atoms with van der Waals surface area (Å²) in [6, 6.07) is 8.07. The van der Waals surface area contributed by atoms with Crippen LogP contribution in [0.3, 0.4) is 0 Å². The minimum Gasteiger partial charge on any atom is -0.497 e. The standard InChI is InChI=1S/C21H36N4O2/c1-9-22-19(25(7)14-18(26)24-20(2,3)4)23-15-21(5,6)16-11-10-12-17(13-16)27-8/h10-13H,9,14-15H2,1-8H3,(H,22,23)(H,24,26). The number of carbonyl (C=O) groups excluding carboxylic acids is 1. The van der Waals surface area contributed by atoms with E-state index in [1.165, 1.54) is 0 Å². The summed E-state index contributed by atoms with van der Waals surface area (Å²) in [5.74, 6) is 1.53. The van der Waals surface area contributed by atoms with Crippen molar-refractivity contribution >= 4 is 11.9 Å². The normalized spacial score (nSPS) is 12.5. The maximum absolute atomic E-state index is 12.2. The molecule has 0 radical (unpaired) electrons. The predicted molar refractivity (Wildman–Crippen MR) is 113 cm³/mol. The third kappa shape index (κ3) is 7.89. The van der Waals surface area contributed by atoms with Crippen LogP contribution in [0.25, 0.3) is 0 Å². The van der Waals surface area contributed by atoms with Crippen LogP contribution >= 0.6 is 0 Å². The fraction of sp³-hybridized carbons (Fsp3) is 0.619. The molecule has 1 aromatic carbocycles. The van der Waals surface area contributed by atoms with Gasteiger partial charge in [0.1, 0.15) is 5.75 Å². The summed E-state index contributed by atoms with van der Waals surface area (Å²) in [6.45, 7) is 13.8. The number of carbonyl (C=O) groups is 1. The Balaban J connectivity index is 2.88. The van der Waals surface area contributed by atoms with Gasteiger partial charge in [-0.15, -0.1) is 0 Å². The lowest BCUT2D eigenvalue weighted by Gasteiger charge is -2.27. The van der Waals surface area contributed by atoms with Crippen molar-refractivity contribution in [1.29, 1.82) is 0 Å². The molecule has 0 aliphatic carbocycles. The monoisotopic (exact) mass is 376 g/mol. The second-order valence-corrected chi connectivity index (χ2v) is 8.44. The average Bonchev–Trinajstić information content (AvgIpc) is 2.56. The van der Waals surface area contributed by atoms with Crippen molar-refractivity contribution in [2.75, 3.05) is 33.8 Å². The van der Waals surface area contributed by atoms with Gasteiger partial charge in [-0.1, -0.05) is 26.0 Å². The van der Waals surface area contributed by atoms with Crippen molar-refractivity contribution in [3.63, 3.8) is 0 Å². The SMILES string of the molecule is CCNC(=NCC(C)(C)c1cccc(OC)c1)N(C)CC(=O)NC(C)(C)C. The molecule has 152 valence electrons. The van der Waals surface area contributed by atoms with Gasteiger partial charge in [0.25, 0.3) is 0 Å². The van der Waals surface area contributed by atoms with Crippen molar-refractivity contribution in [1.82, 2.24) is 15.5 Å². The van der Waals surface area contributed by atoms with Crippen molar-refractivity contribution in [3.8, 4) is 5.75 Å². The zero-order valence-corrected chi connectivity index (χ0v) is 18.1. The Morgan fingerprint density at radius 1 is 1.22 bits per heavy atom. The van der Waals surface area contributed by atoms with Gasteiger partial charge in [0.05, 0.1) is 20.2 Å². The summed E-state index contributed by atoms with van der Waals surface area (Å²) in [7, 11) is 3.55. The fourth-order valence-electron chi connectivity index (χ4n) is 2.63. The minimum absolute atomic E-state index is 0.0253. The number of guanidine groups is 1. The number of hydrogen-bond donors (Lipinski definition) is 2. The maximum Gasteiger partial charge on any atom is 0.240 e. The third-order valence-corrected chi connectivity index (χ3v) is 4.07. The zero-order valence-electron chi connectivity index (χ0n) is 18.1. The largest absolute Gasteiger partial charge is 0.497 e. The molecule has 2 N–H and O–H groups in total. The predicted octanol–water partition coefficient (Wildman–Crippen LogP) is 2.78. The van der Waals surface area contributed by atoms with Crippen molar-refractivity contribution in [2.45, 2.75) is 52.5 Å². The molecule has 0 fully saturated rings. The molecule has 0 bridgehead atoms. The van der Waals surface area contributed by atoms with Crippen LogP contribution in [0.2, 0.25) is 0 Å². The van der Waals surface area contributed by atoms with E-state index in [1.807, 2.05) is 57.8 Å². The van der Waals surface area contributed by atoms with Crippen LogP contribution in [0.4, 0.5) is 0 Å². The van der Waals surface area contributed by atoms with Gasteiger partial charge in [-0.25, -0.2) is 0 Å². The zero-order chi connectivity index (χ0) is 20.7. The highest BCUT2D eigenvalue weighted by Gasteiger charge is 2.22. The number of aliphatic imine (C=N–C) groups is 1. The number of hydrogen-bond acceptors (Lipinski definition) is 3. The first kappa shape index (κ1) is 22.8. The van der Waals surface area contributed by atoms with Gasteiger partial charge >= 0.3 is 0 Å². The molecule has 0 atom stereocenters. The van der Waals surface area contributed by atoms with Crippen LogP contribution in [0.15, 0.2) is 29.3 Å². The second kappa shape index (κ2) is 9.62. The Bertz CT molecular complexity index is 648. The van der Waals surface area contributed by atoms with Crippen LogP contribution in [0.5, 0.6) is 5.75 Å². The smallest absolute Gasteiger partial charge is 0.240 e. The van der Waals surface area contributed by atoms with Crippen LogP contribution in [0, 0.1) is 0 Å². The fourth-order valence-corrected chi connectivity index (χ4v) is 2.63. The van der Waals surface area contributed by atoms with E-state index in [9.17, 15) is 4.79 Å². The molecule has 27 heavy (non-hydrogen) atoms. The maximum atomic E-state index is 12.2. The van der Waals surface area contributed by atoms with E-state index < -0.39 is 0 Å². The summed E-state index contributed by atoms with van der Waals surface area (Å²) in [5, 5.41) is 6.25. The Morgan fingerprint density at radius 2 is 1.89 bits per heavy atom. The van der Waals surface area contributed by atoms with Gasteiger partial charge in [-0.05, 0) is 45.4 Å². The Morgan fingerprint density at radius 3 is 2.44 bits per heavy atom. The van der Waals surface area contributed by atoms with Gasteiger partial charge in [0, 0.05) is 24.5 Å². The van der Waals surface area contributed by atoms with Crippen LogP contribution < -0.4 is 15.4 Å². The van der Waals surface area contributed by atoms with Crippen molar-refractivity contribution in [3.05, 3.63) is 29.8 Å². The number of ether oxygens (including phenoxy) is 1.